The van der Waals surface area contributed by atoms with Crippen LogP contribution in [0.1, 0.15) is 55.0 Å². The highest BCUT2D eigenvalue weighted by atomic mass is 16.5. The van der Waals surface area contributed by atoms with Crippen molar-refractivity contribution in [3.8, 4) is 11.8 Å². The van der Waals surface area contributed by atoms with Crippen molar-refractivity contribution >= 4 is 5.91 Å². The van der Waals surface area contributed by atoms with Gasteiger partial charge in [-0.3, -0.25) is 9.69 Å². The van der Waals surface area contributed by atoms with Gasteiger partial charge < -0.3 is 14.2 Å². The van der Waals surface area contributed by atoms with E-state index < -0.39 is 0 Å². The van der Waals surface area contributed by atoms with Crippen molar-refractivity contribution in [1.82, 2.24) is 19.4 Å². The number of imidazole rings is 1. The van der Waals surface area contributed by atoms with Gasteiger partial charge >= 0.3 is 0 Å². The summed E-state index contributed by atoms with van der Waals surface area (Å²) >= 11 is 0. The quantitative estimate of drug-likeness (QED) is 0.588. The second-order valence-electron chi connectivity index (χ2n) is 10.6. The van der Waals surface area contributed by atoms with E-state index in [1.807, 2.05) is 24.7 Å². The Morgan fingerprint density at radius 2 is 2.14 bits per heavy atom. The molecule has 1 aromatic carbocycles. The van der Waals surface area contributed by atoms with Gasteiger partial charge in [0.05, 0.1) is 24.1 Å². The second-order valence-corrected chi connectivity index (χ2v) is 10.6. The van der Waals surface area contributed by atoms with Gasteiger partial charge in [-0.2, -0.15) is 5.26 Å². The molecule has 7 rings (SSSR count). The maximum atomic E-state index is 14.1. The molecule has 7 heteroatoms. The zero-order valence-electron chi connectivity index (χ0n) is 19.8. The van der Waals surface area contributed by atoms with Crippen molar-refractivity contribution in [2.24, 2.45) is 5.92 Å². The average Bonchev–Trinajstić information content (AvgIpc) is 3.64. The van der Waals surface area contributed by atoms with Gasteiger partial charge in [0.2, 0.25) is 5.91 Å². The summed E-state index contributed by atoms with van der Waals surface area (Å²) in [6.07, 6.45) is 13.5. The molecular formula is C28H29N5O2. The number of aromatic nitrogens is 2. The SMILES string of the molecule is N#CC1CC=C2C=C1Oc1ccc3c(c1)[C@@H](CC3)N1CC[C@]3(CCCN3Cc3cncn3C2)C1=O. The summed E-state index contributed by atoms with van der Waals surface area (Å²) < 4.78 is 8.54. The molecule has 2 saturated heterocycles. The van der Waals surface area contributed by atoms with E-state index >= 15 is 0 Å². The molecule has 178 valence electrons. The first-order valence-electron chi connectivity index (χ1n) is 12.8. The first kappa shape index (κ1) is 21.0. The standard InChI is InChI=1S/C28H29N5O2/c29-14-21-3-2-19-12-26(21)35-23-6-4-20-5-7-25(24(20)13-23)33-11-9-28(27(33)34)8-1-10-32(28)17-22-15-30-18-31(22)16-19/h2,4,6,12-13,15,18,21,25H,1,3,5,7-11,16-17H2/t21?,25-,28-/m1/s1. The third-order valence-corrected chi connectivity index (χ3v) is 8.77. The van der Waals surface area contributed by atoms with Gasteiger partial charge in [-0.05, 0) is 80.0 Å². The number of carbonyl (C=O) groups is 1. The summed E-state index contributed by atoms with van der Waals surface area (Å²) in [4.78, 5) is 23.1. The molecule has 7 nitrogen and oxygen atoms in total. The van der Waals surface area contributed by atoms with Crippen LogP contribution in [0.25, 0.3) is 0 Å². The van der Waals surface area contributed by atoms with Crippen molar-refractivity contribution in [3.05, 3.63) is 71.0 Å². The summed E-state index contributed by atoms with van der Waals surface area (Å²) in [6, 6.07) is 8.77. The molecule has 1 unspecified atom stereocenters. The summed E-state index contributed by atoms with van der Waals surface area (Å²) in [6.45, 7) is 3.15. The van der Waals surface area contributed by atoms with Gasteiger partial charge in [0.1, 0.15) is 23.0 Å². The monoisotopic (exact) mass is 467 g/mol. The van der Waals surface area contributed by atoms with Crippen LogP contribution in [0, 0.1) is 17.2 Å². The van der Waals surface area contributed by atoms with Crippen LogP contribution in [0.3, 0.4) is 0 Å². The Hall–Kier alpha value is -3.37. The molecule has 0 N–H and O–H groups in total. The molecule has 5 aliphatic rings. The summed E-state index contributed by atoms with van der Waals surface area (Å²) in [7, 11) is 0. The molecule has 0 radical (unpaired) electrons. The first-order chi connectivity index (χ1) is 17.1. The van der Waals surface area contributed by atoms with E-state index in [1.54, 1.807) is 0 Å². The predicted octanol–water partition coefficient (Wildman–Crippen LogP) is 3.88. The molecule has 3 atom stereocenters. The molecule has 3 aliphatic heterocycles. The maximum Gasteiger partial charge on any atom is 0.243 e. The van der Waals surface area contributed by atoms with Gasteiger partial charge in [0.15, 0.2) is 0 Å². The molecule has 35 heavy (non-hydrogen) atoms. The molecule has 2 aliphatic carbocycles. The molecule has 0 saturated carbocycles. The van der Waals surface area contributed by atoms with E-state index in [4.69, 9.17) is 4.74 Å². The Kier molecular flexibility index (Phi) is 4.68. The maximum absolute atomic E-state index is 14.1. The Morgan fingerprint density at radius 3 is 3.06 bits per heavy atom. The third kappa shape index (κ3) is 3.20. The molecular weight excluding hydrogens is 438 g/mol. The molecule has 1 spiro atoms. The lowest BCUT2D eigenvalue weighted by Gasteiger charge is -2.35. The van der Waals surface area contributed by atoms with Crippen molar-refractivity contribution in [2.45, 2.75) is 63.2 Å². The Morgan fingerprint density at radius 1 is 1.20 bits per heavy atom. The number of benzene rings is 1. The van der Waals surface area contributed by atoms with Crippen molar-refractivity contribution in [3.63, 3.8) is 0 Å². The fourth-order valence-corrected chi connectivity index (χ4v) is 6.92. The van der Waals surface area contributed by atoms with Gasteiger partial charge in [-0.25, -0.2) is 4.98 Å². The lowest BCUT2D eigenvalue weighted by Crippen LogP contribution is -2.50. The number of hydrogen-bond acceptors (Lipinski definition) is 5. The highest BCUT2D eigenvalue weighted by molar-refractivity contribution is 5.89. The number of allylic oxidation sites excluding steroid dienone is 4. The number of nitrogens with zero attached hydrogens (tertiary/aromatic N) is 5. The first-order valence-corrected chi connectivity index (χ1v) is 12.8. The van der Waals surface area contributed by atoms with E-state index in [0.717, 1.165) is 68.8 Å². The average molecular weight is 468 g/mol. The van der Waals surface area contributed by atoms with E-state index in [9.17, 15) is 10.1 Å². The number of aryl methyl sites for hydroxylation is 1. The zero-order valence-corrected chi connectivity index (χ0v) is 19.8. The van der Waals surface area contributed by atoms with E-state index in [-0.39, 0.29) is 17.5 Å². The Labute approximate surface area is 205 Å². The number of carbonyl (C=O) groups excluding carboxylic acids is 1. The highest BCUT2D eigenvalue weighted by Crippen LogP contribution is 2.46. The number of fused-ring (bicyclic) bond motifs is 5. The summed E-state index contributed by atoms with van der Waals surface area (Å²) in [5.74, 6) is 1.45. The van der Waals surface area contributed by atoms with Gasteiger partial charge in [0.25, 0.3) is 0 Å². The van der Waals surface area contributed by atoms with Crippen molar-refractivity contribution < 1.29 is 9.53 Å². The van der Waals surface area contributed by atoms with Crippen LogP contribution in [0.5, 0.6) is 5.75 Å². The molecule has 1 amide bonds. The van der Waals surface area contributed by atoms with Gasteiger partial charge in [-0.1, -0.05) is 12.1 Å². The fraction of sp³-hybridized carbons (Fsp3) is 0.464. The van der Waals surface area contributed by atoms with Crippen LogP contribution >= 0.6 is 0 Å². The molecule has 6 bridgehead atoms. The second kappa shape index (κ2) is 7.82. The lowest BCUT2D eigenvalue weighted by atomic mass is 9.93. The molecule has 2 fully saturated rings. The van der Waals surface area contributed by atoms with Crippen molar-refractivity contribution in [2.75, 3.05) is 13.1 Å². The van der Waals surface area contributed by atoms with Crippen LogP contribution in [-0.4, -0.2) is 43.9 Å². The number of hydrogen-bond donors (Lipinski definition) is 0. The van der Waals surface area contributed by atoms with Crippen LogP contribution in [0.2, 0.25) is 0 Å². The highest BCUT2D eigenvalue weighted by Gasteiger charge is 2.55. The predicted molar refractivity (Wildman–Crippen MR) is 129 cm³/mol. The lowest BCUT2D eigenvalue weighted by molar-refractivity contribution is -0.139. The summed E-state index contributed by atoms with van der Waals surface area (Å²) in [5.41, 5.74) is 4.37. The normalized spacial score (nSPS) is 29.7. The van der Waals surface area contributed by atoms with E-state index in [2.05, 4.69) is 43.6 Å². The fourth-order valence-electron chi connectivity index (χ4n) is 6.92. The topological polar surface area (TPSA) is 74.4 Å². The minimum Gasteiger partial charge on any atom is -0.460 e. The Balaban J connectivity index is 1.34. The number of nitriles is 1. The Bertz CT molecular complexity index is 1320. The minimum atomic E-state index is -0.389. The minimum absolute atomic E-state index is 0.101. The number of rotatable bonds is 0. The molecule has 1 aromatic heterocycles. The van der Waals surface area contributed by atoms with Crippen LogP contribution in [-0.2, 0) is 24.3 Å². The van der Waals surface area contributed by atoms with Gasteiger partial charge in [0, 0.05) is 25.8 Å². The van der Waals surface area contributed by atoms with E-state index in [1.165, 1.54) is 11.1 Å². The number of amides is 1. The third-order valence-electron chi connectivity index (χ3n) is 8.77. The van der Waals surface area contributed by atoms with E-state index in [0.29, 0.717) is 24.6 Å². The largest absolute Gasteiger partial charge is 0.460 e. The van der Waals surface area contributed by atoms with Crippen LogP contribution in [0.15, 0.2) is 54.2 Å². The zero-order chi connectivity index (χ0) is 23.6. The molecule has 2 aromatic rings. The smallest absolute Gasteiger partial charge is 0.243 e. The van der Waals surface area contributed by atoms with Crippen molar-refractivity contribution in [1.29, 1.82) is 5.26 Å². The summed E-state index contributed by atoms with van der Waals surface area (Å²) in [5, 5.41) is 9.76. The van der Waals surface area contributed by atoms with Crippen LogP contribution in [0.4, 0.5) is 0 Å². The van der Waals surface area contributed by atoms with Crippen LogP contribution < -0.4 is 4.74 Å². The van der Waals surface area contributed by atoms with Gasteiger partial charge in [-0.15, -0.1) is 0 Å². The molecule has 4 heterocycles. The number of ether oxygens (including phenoxy) is 1.